The first-order chi connectivity index (χ1) is 14.1. The van der Waals surface area contributed by atoms with Gasteiger partial charge in [0.1, 0.15) is 18.1 Å². The topological polar surface area (TPSA) is 96.9 Å². The van der Waals surface area contributed by atoms with Crippen molar-refractivity contribution >= 4 is 17.5 Å². The molecule has 0 atom stereocenters. The SMILES string of the molecule is COc1ccc(C(=O)Nc2cccc(OCc3ccc(C(=O)NO)cc3)c2)cc1. The molecule has 0 aliphatic carbocycles. The minimum Gasteiger partial charge on any atom is -0.497 e. The van der Waals surface area contributed by atoms with E-state index in [1.165, 1.54) is 0 Å². The predicted molar refractivity (Wildman–Crippen MR) is 107 cm³/mol. The molecule has 7 heteroatoms. The van der Waals surface area contributed by atoms with Crippen LogP contribution < -0.4 is 20.3 Å². The number of hydrogen-bond acceptors (Lipinski definition) is 5. The summed E-state index contributed by atoms with van der Waals surface area (Å²) in [4.78, 5) is 23.7. The Hall–Kier alpha value is -3.84. The van der Waals surface area contributed by atoms with Crippen molar-refractivity contribution in [2.24, 2.45) is 0 Å². The molecule has 148 valence electrons. The molecule has 0 fully saturated rings. The summed E-state index contributed by atoms with van der Waals surface area (Å²) in [6, 6.07) is 20.6. The zero-order valence-corrected chi connectivity index (χ0v) is 15.7. The Labute approximate surface area is 167 Å². The Bertz CT molecular complexity index is 985. The highest BCUT2D eigenvalue weighted by Gasteiger charge is 2.08. The first-order valence-corrected chi connectivity index (χ1v) is 8.80. The second kappa shape index (κ2) is 9.38. The molecule has 0 aliphatic rings. The summed E-state index contributed by atoms with van der Waals surface area (Å²) in [5.74, 6) is 0.469. The van der Waals surface area contributed by atoms with E-state index in [4.69, 9.17) is 14.7 Å². The third-order valence-electron chi connectivity index (χ3n) is 4.17. The molecule has 0 aliphatic heterocycles. The van der Waals surface area contributed by atoms with Crippen LogP contribution in [0.25, 0.3) is 0 Å². The Kier molecular flexibility index (Phi) is 6.44. The molecule has 0 saturated heterocycles. The van der Waals surface area contributed by atoms with Crippen molar-refractivity contribution in [2.45, 2.75) is 6.61 Å². The molecule has 0 saturated carbocycles. The average Bonchev–Trinajstić information content (AvgIpc) is 2.77. The molecule has 3 aromatic rings. The van der Waals surface area contributed by atoms with E-state index in [2.05, 4.69) is 5.32 Å². The van der Waals surface area contributed by atoms with Gasteiger partial charge in [0.15, 0.2) is 0 Å². The molecule has 29 heavy (non-hydrogen) atoms. The minimum atomic E-state index is -0.572. The van der Waals surface area contributed by atoms with E-state index in [9.17, 15) is 9.59 Å². The van der Waals surface area contributed by atoms with Gasteiger partial charge >= 0.3 is 0 Å². The number of hydrogen-bond donors (Lipinski definition) is 3. The van der Waals surface area contributed by atoms with E-state index in [1.807, 2.05) is 0 Å². The average molecular weight is 392 g/mol. The van der Waals surface area contributed by atoms with Crippen molar-refractivity contribution < 1.29 is 24.3 Å². The zero-order valence-electron chi connectivity index (χ0n) is 15.7. The van der Waals surface area contributed by atoms with E-state index in [1.54, 1.807) is 85.4 Å². The summed E-state index contributed by atoms with van der Waals surface area (Å²) in [7, 11) is 1.57. The Morgan fingerprint density at radius 3 is 2.17 bits per heavy atom. The summed E-state index contributed by atoms with van der Waals surface area (Å²) < 4.78 is 10.9. The monoisotopic (exact) mass is 392 g/mol. The van der Waals surface area contributed by atoms with Crippen molar-refractivity contribution in [3.63, 3.8) is 0 Å². The molecule has 0 unspecified atom stereocenters. The van der Waals surface area contributed by atoms with Crippen molar-refractivity contribution in [1.82, 2.24) is 5.48 Å². The number of rotatable bonds is 7. The number of ether oxygens (including phenoxy) is 2. The van der Waals surface area contributed by atoms with Crippen molar-refractivity contribution in [3.05, 3.63) is 89.5 Å². The van der Waals surface area contributed by atoms with Gasteiger partial charge < -0.3 is 14.8 Å². The van der Waals surface area contributed by atoms with Crippen LogP contribution in [-0.4, -0.2) is 24.1 Å². The minimum absolute atomic E-state index is 0.234. The summed E-state index contributed by atoms with van der Waals surface area (Å²) in [6.45, 7) is 0.289. The Morgan fingerprint density at radius 2 is 1.52 bits per heavy atom. The molecular weight excluding hydrogens is 372 g/mol. The van der Waals surface area contributed by atoms with Gasteiger partial charge in [-0.15, -0.1) is 0 Å². The molecule has 3 N–H and O–H groups in total. The lowest BCUT2D eigenvalue weighted by Gasteiger charge is -2.10. The highest BCUT2D eigenvalue weighted by Crippen LogP contribution is 2.20. The third-order valence-corrected chi connectivity index (χ3v) is 4.17. The van der Waals surface area contributed by atoms with Gasteiger partial charge in [0.2, 0.25) is 0 Å². The van der Waals surface area contributed by atoms with Gasteiger partial charge in [-0.1, -0.05) is 18.2 Å². The van der Waals surface area contributed by atoms with Crippen LogP contribution >= 0.6 is 0 Å². The maximum atomic E-state index is 12.4. The second-order valence-electron chi connectivity index (χ2n) is 6.14. The van der Waals surface area contributed by atoms with Crippen LogP contribution in [0.5, 0.6) is 11.5 Å². The number of hydroxylamine groups is 1. The maximum Gasteiger partial charge on any atom is 0.274 e. The number of methoxy groups -OCH3 is 1. The number of carbonyl (C=O) groups is 2. The predicted octanol–water partition coefficient (Wildman–Crippen LogP) is 3.65. The smallest absolute Gasteiger partial charge is 0.274 e. The molecule has 0 spiro atoms. The van der Waals surface area contributed by atoms with Crippen LogP contribution in [0.2, 0.25) is 0 Å². The molecule has 7 nitrogen and oxygen atoms in total. The van der Waals surface area contributed by atoms with Gasteiger partial charge in [0.05, 0.1) is 7.11 Å². The van der Waals surface area contributed by atoms with E-state index in [0.717, 1.165) is 5.56 Å². The van der Waals surface area contributed by atoms with Crippen molar-refractivity contribution in [1.29, 1.82) is 0 Å². The van der Waals surface area contributed by atoms with Crippen LogP contribution in [0.3, 0.4) is 0 Å². The lowest BCUT2D eigenvalue weighted by Crippen LogP contribution is -2.18. The normalized spacial score (nSPS) is 10.1. The highest BCUT2D eigenvalue weighted by atomic mass is 16.5. The van der Waals surface area contributed by atoms with Crippen LogP contribution in [0.15, 0.2) is 72.8 Å². The number of amides is 2. The van der Waals surface area contributed by atoms with Crippen LogP contribution in [0.1, 0.15) is 26.3 Å². The maximum absolute atomic E-state index is 12.4. The highest BCUT2D eigenvalue weighted by molar-refractivity contribution is 6.04. The fraction of sp³-hybridized carbons (Fsp3) is 0.0909. The van der Waals surface area contributed by atoms with E-state index >= 15 is 0 Å². The van der Waals surface area contributed by atoms with Crippen molar-refractivity contribution in [3.8, 4) is 11.5 Å². The summed E-state index contributed by atoms with van der Waals surface area (Å²) >= 11 is 0. The van der Waals surface area contributed by atoms with Crippen LogP contribution in [-0.2, 0) is 6.61 Å². The van der Waals surface area contributed by atoms with Gasteiger partial charge in [0.25, 0.3) is 11.8 Å². The van der Waals surface area contributed by atoms with Gasteiger partial charge in [-0.3, -0.25) is 14.8 Å². The molecule has 0 radical (unpaired) electrons. The molecule has 0 bridgehead atoms. The molecule has 3 rings (SSSR count). The second-order valence-corrected chi connectivity index (χ2v) is 6.14. The summed E-state index contributed by atoms with van der Waals surface area (Å²) in [5, 5.41) is 11.5. The van der Waals surface area contributed by atoms with Gasteiger partial charge in [0, 0.05) is 22.9 Å². The van der Waals surface area contributed by atoms with Gasteiger partial charge in [-0.25, -0.2) is 5.48 Å². The van der Waals surface area contributed by atoms with Crippen LogP contribution in [0.4, 0.5) is 5.69 Å². The molecule has 2 amide bonds. The number of carbonyl (C=O) groups excluding carboxylic acids is 2. The standard InChI is InChI=1S/C22H20N2O5/c1-28-19-11-9-16(10-12-19)21(25)23-18-3-2-4-20(13-18)29-14-15-5-7-17(8-6-15)22(26)24-27/h2-13,27H,14H2,1H3,(H,23,25)(H,24,26). The fourth-order valence-electron chi connectivity index (χ4n) is 2.59. The zero-order chi connectivity index (χ0) is 20.6. The van der Waals surface area contributed by atoms with E-state index in [0.29, 0.717) is 28.3 Å². The van der Waals surface area contributed by atoms with E-state index in [-0.39, 0.29) is 12.5 Å². The van der Waals surface area contributed by atoms with Crippen molar-refractivity contribution in [2.75, 3.05) is 12.4 Å². The fourth-order valence-corrected chi connectivity index (χ4v) is 2.59. The molecule has 0 heterocycles. The molecule has 3 aromatic carbocycles. The number of anilines is 1. The third kappa shape index (κ3) is 5.33. The van der Waals surface area contributed by atoms with Crippen LogP contribution in [0, 0.1) is 0 Å². The molecule has 0 aromatic heterocycles. The number of benzene rings is 3. The Balaban J connectivity index is 1.60. The molecular formula is C22H20N2O5. The first kappa shape index (κ1) is 19.9. The summed E-state index contributed by atoms with van der Waals surface area (Å²) in [6.07, 6.45) is 0. The lowest BCUT2D eigenvalue weighted by molar-refractivity contribution is 0.0706. The summed E-state index contributed by atoms with van der Waals surface area (Å²) in [5.41, 5.74) is 3.91. The van der Waals surface area contributed by atoms with E-state index < -0.39 is 5.91 Å². The van der Waals surface area contributed by atoms with Gasteiger partial charge in [-0.05, 0) is 54.1 Å². The quantitative estimate of drug-likeness (QED) is 0.421. The Morgan fingerprint density at radius 1 is 0.862 bits per heavy atom. The number of nitrogens with one attached hydrogen (secondary N) is 2. The van der Waals surface area contributed by atoms with Gasteiger partial charge in [-0.2, -0.15) is 0 Å². The lowest BCUT2D eigenvalue weighted by atomic mass is 10.1. The largest absolute Gasteiger partial charge is 0.497 e. The first-order valence-electron chi connectivity index (χ1n) is 8.80.